The summed E-state index contributed by atoms with van der Waals surface area (Å²) < 4.78 is 0. The van der Waals surface area contributed by atoms with Crippen molar-refractivity contribution in [3.8, 4) is 0 Å². The molecule has 1 heteroatoms. The molecule has 0 aromatic heterocycles. The van der Waals surface area contributed by atoms with Crippen molar-refractivity contribution in [1.29, 1.82) is 0 Å². The van der Waals surface area contributed by atoms with Crippen LogP contribution in [0.1, 0.15) is 50.4 Å². The van der Waals surface area contributed by atoms with Gasteiger partial charge in [0.25, 0.3) is 0 Å². The van der Waals surface area contributed by atoms with Crippen molar-refractivity contribution in [2.24, 2.45) is 11.8 Å². The van der Waals surface area contributed by atoms with E-state index in [1.54, 1.807) is 0 Å². The molecule has 0 amide bonds. The lowest BCUT2D eigenvalue weighted by Gasteiger charge is -2.11. The van der Waals surface area contributed by atoms with Crippen LogP contribution in [0.25, 0.3) is 0 Å². The molecule has 1 nitrogen and oxygen atoms in total. The number of rotatable bonds is 6. The Hall–Kier alpha value is -1.11. The van der Waals surface area contributed by atoms with Gasteiger partial charge in [0.2, 0.25) is 0 Å². The first-order chi connectivity index (χ1) is 7.61. The lowest BCUT2D eigenvalue weighted by molar-refractivity contribution is 0.0921. The Bertz CT molecular complexity index is 313. The van der Waals surface area contributed by atoms with Crippen LogP contribution < -0.4 is 0 Å². The molecule has 1 rings (SSSR count). The number of carbonyl (C=O) groups excluding carboxylic acids is 1. The highest BCUT2D eigenvalue weighted by atomic mass is 16.1. The van der Waals surface area contributed by atoms with Crippen LogP contribution in [0.4, 0.5) is 0 Å². The number of ketones is 1. The van der Waals surface area contributed by atoms with E-state index < -0.39 is 0 Å². The van der Waals surface area contributed by atoms with Gasteiger partial charge in [0.15, 0.2) is 5.78 Å². The molecule has 1 aromatic rings. The molecule has 0 aliphatic heterocycles. The summed E-state index contributed by atoms with van der Waals surface area (Å²) in [4.78, 5) is 12.0. The van der Waals surface area contributed by atoms with Crippen LogP contribution >= 0.6 is 0 Å². The van der Waals surface area contributed by atoms with Crippen LogP contribution in [0.15, 0.2) is 30.3 Å². The molecule has 88 valence electrons. The fourth-order valence-electron chi connectivity index (χ4n) is 1.85. The average molecular weight is 218 g/mol. The third kappa shape index (κ3) is 4.18. The summed E-state index contributed by atoms with van der Waals surface area (Å²) in [5.74, 6) is 1.17. The molecule has 0 spiro atoms. The van der Waals surface area contributed by atoms with Crippen LogP contribution in [0.2, 0.25) is 0 Å². The standard InChI is InChI=1S/C15H22O/c1-12(2)8-7-9-13(3)15(16)14-10-5-4-6-11-14/h4-6,10-13H,7-9H2,1-3H3. The zero-order chi connectivity index (χ0) is 12.0. The summed E-state index contributed by atoms with van der Waals surface area (Å²) >= 11 is 0. The van der Waals surface area contributed by atoms with Crippen molar-refractivity contribution in [1.82, 2.24) is 0 Å². The Kier molecular flexibility index (Phi) is 5.24. The molecule has 16 heavy (non-hydrogen) atoms. The first-order valence-corrected chi connectivity index (χ1v) is 6.20. The third-order valence-corrected chi connectivity index (χ3v) is 2.92. The van der Waals surface area contributed by atoms with E-state index in [1.165, 1.54) is 6.42 Å². The highest BCUT2D eigenvalue weighted by molar-refractivity contribution is 5.97. The van der Waals surface area contributed by atoms with Gasteiger partial charge in [-0.25, -0.2) is 0 Å². The van der Waals surface area contributed by atoms with Gasteiger partial charge in [0.1, 0.15) is 0 Å². The van der Waals surface area contributed by atoms with Gasteiger partial charge in [0.05, 0.1) is 0 Å². The van der Waals surface area contributed by atoms with Gasteiger partial charge >= 0.3 is 0 Å². The van der Waals surface area contributed by atoms with Gasteiger partial charge in [-0.2, -0.15) is 0 Å². The Morgan fingerprint density at radius 2 is 1.69 bits per heavy atom. The van der Waals surface area contributed by atoms with E-state index in [-0.39, 0.29) is 11.7 Å². The molecule has 0 bridgehead atoms. The molecule has 0 fully saturated rings. The van der Waals surface area contributed by atoms with Gasteiger partial charge in [-0.3, -0.25) is 4.79 Å². The first-order valence-electron chi connectivity index (χ1n) is 6.20. The normalized spacial score (nSPS) is 12.8. The minimum Gasteiger partial charge on any atom is -0.294 e. The number of hydrogen-bond acceptors (Lipinski definition) is 1. The van der Waals surface area contributed by atoms with Crippen LogP contribution in [-0.4, -0.2) is 5.78 Å². The molecule has 1 unspecified atom stereocenters. The summed E-state index contributed by atoms with van der Waals surface area (Å²) in [6.45, 7) is 6.49. The molecule has 1 atom stereocenters. The fourth-order valence-corrected chi connectivity index (χ4v) is 1.85. The first kappa shape index (κ1) is 13.0. The van der Waals surface area contributed by atoms with E-state index >= 15 is 0 Å². The van der Waals surface area contributed by atoms with E-state index in [0.717, 1.165) is 24.3 Å². The molecule has 0 aliphatic carbocycles. The van der Waals surface area contributed by atoms with E-state index in [0.29, 0.717) is 0 Å². The summed E-state index contributed by atoms with van der Waals surface area (Å²) in [5, 5.41) is 0. The largest absolute Gasteiger partial charge is 0.294 e. The summed E-state index contributed by atoms with van der Waals surface area (Å²) in [6, 6.07) is 9.60. The molecular formula is C15H22O. The zero-order valence-electron chi connectivity index (χ0n) is 10.6. The Labute approximate surface area is 98.9 Å². The number of carbonyl (C=O) groups is 1. The minimum absolute atomic E-state index is 0.154. The van der Waals surface area contributed by atoms with Crippen molar-refractivity contribution >= 4 is 5.78 Å². The SMILES string of the molecule is CC(C)CCCC(C)C(=O)c1ccccc1. The Morgan fingerprint density at radius 1 is 1.06 bits per heavy atom. The quantitative estimate of drug-likeness (QED) is 0.649. The average Bonchev–Trinajstić information content (AvgIpc) is 2.28. The van der Waals surface area contributed by atoms with Gasteiger partial charge in [-0.05, 0) is 12.3 Å². The van der Waals surface area contributed by atoms with Crippen LogP contribution in [0, 0.1) is 11.8 Å². The van der Waals surface area contributed by atoms with Gasteiger partial charge < -0.3 is 0 Å². The fraction of sp³-hybridized carbons (Fsp3) is 0.533. The number of Topliss-reactive ketones (excluding diaryl/α,β-unsaturated/α-hetero) is 1. The third-order valence-electron chi connectivity index (χ3n) is 2.92. The van der Waals surface area contributed by atoms with Gasteiger partial charge in [-0.15, -0.1) is 0 Å². The molecule has 0 saturated heterocycles. The van der Waals surface area contributed by atoms with Crippen molar-refractivity contribution in [2.45, 2.75) is 40.0 Å². The monoisotopic (exact) mass is 218 g/mol. The Morgan fingerprint density at radius 3 is 2.25 bits per heavy atom. The van der Waals surface area contributed by atoms with Crippen molar-refractivity contribution in [3.05, 3.63) is 35.9 Å². The maximum atomic E-state index is 12.0. The second-order valence-electron chi connectivity index (χ2n) is 4.96. The summed E-state index contributed by atoms with van der Waals surface area (Å²) in [6.07, 6.45) is 3.37. The maximum absolute atomic E-state index is 12.0. The molecule has 0 N–H and O–H groups in total. The lowest BCUT2D eigenvalue weighted by Crippen LogP contribution is -2.11. The zero-order valence-corrected chi connectivity index (χ0v) is 10.6. The number of benzene rings is 1. The molecule has 0 aliphatic rings. The van der Waals surface area contributed by atoms with E-state index in [9.17, 15) is 4.79 Å². The molecule has 1 aromatic carbocycles. The van der Waals surface area contributed by atoms with E-state index in [2.05, 4.69) is 13.8 Å². The van der Waals surface area contributed by atoms with Gasteiger partial charge in [-0.1, -0.05) is 63.9 Å². The van der Waals surface area contributed by atoms with Gasteiger partial charge in [0, 0.05) is 11.5 Å². The lowest BCUT2D eigenvalue weighted by atomic mass is 9.93. The van der Waals surface area contributed by atoms with Crippen molar-refractivity contribution in [3.63, 3.8) is 0 Å². The maximum Gasteiger partial charge on any atom is 0.165 e. The summed E-state index contributed by atoms with van der Waals surface area (Å²) in [5.41, 5.74) is 0.847. The second kappa shape index (κ2) is 6.47. The smallest absolute Gasteiger partial charge is 0.165 e. The highest BCUT2D eigenvalue weighted by Crippen LogP contribution is 2.16. The van der Waals surface area contributed by atoms with Crippen molar-refractivity contribution in [2.75, 3.05) is 0 Å². The van der Waals surface area contributed by atoms with Crippen LogP contribution in [0.3, 0.4) is 0 Å². The molecule has 0 saturated carbocycles. The minimum atomic E-state index is 0.154. The number of hydrogen-bond donors (Lipinski definition) is 0. The van der Waals surface area contributed by atoms with E-state index in [1.807, 2.05) is 37.3 Å². The molecule has 0 heterocycles. The molecule has 0 radical (unpaired) electrons. The highest BCUT2D eigenvalue weighted by Gasteiger charge is 2.14. The second-order valence-corrected chi connectivity index (χ2v) is 4.96. The van der Waals surface area contributed by atoms with Crippen LogP contribution in [0.5, 0.6) is 0 Å². The topological polar surface area (TPSA) is 17.1 Å². The van der Waals surface area contributed by atoms with Crippen molar-refractivity contribution < 1.29 is 4.79 Å². The predicted octanol–water partition coefficient (Wildman–Crippen LogP) is 4.33. The Balaban J connectivity index is 2.43. The van der Waals surface area contributed by atoms with E-state index in [4.69, 9.17) is 0 Å². The predicted molar refractivity (Wildman–Crippen MR) is 68.6 cm³/mol. The summed E-state index contributed by atoms with van der Waals surface area (Å²) in [7, 11) is 0. The molecular weight excluding hydrogens is 196 g/mol. The van der Waals surface area contributed by atoms with Crippen LogP contribution in [-0.2, 0) is 0 Å².